The van der Waals surface area contributed by atoms with Crippen LogP contribution in [-0.4, -0.2) is 4.98 Å². The van der Waals surface area contributed by atoms with Crippen LogP contribution >= 0.6 is 0 Å². The van der Waals surface area contributed by atoms with E-state index in [9.17, 15) is 0 Å². The predicted molar refractivity (Wildman–Crippen MR) is 69.2 cm³/mol. The second-order valence-electron chi connectivity index (χ2n) is 4.28. The molecule has 0 atom stereocenters. The molecule has 1 aromatic carbocycles. The fourth-order valence-corrected chi connectivity index (χ4v) is 1.73. The normalized spacial score (nSPS) is 10.3. The maximum Gasteiger partial charge on any atom is 0.217 e. The van der Waals surface area contributed by atoms with Crippen molar-refractivity contribution in [1.82, 2.24) is 4.98 Å². The van der Waals surface area contributed by atoms with E-state index in [-0.39, 0.29) is 0 Å². The molecule has 2 aromatic rings. The number of aryl methyl sites for hydroxylation is 2. The highest BCUT2D eigenvalue weighted by Gasteiger charge is 2.05. The minimum atomic E-state index is 0.567. The van der Waals surface area contributed by atoms with Crippen LogP contribution in [0.3, 0.4) is 0 Å². The van der Waals surface area contributed by atoms with Gasteiger partial charge in [0.2, 0.25) is 5.88 Å². The average molecular weight is 227 g/mol. The van der Waals surface area contributed by atoms with Gasteiger partial charge in [-0.1, -0.05) is 30.3 Å². The van der Waals surface area contributed by atoms with Gasteiger partial charge in [-0.25, -0.2) is 4.98 Å². The van der Waals surface area contributed by atoms with Crippen molar-refractivity contribution >= 4 is 0 Å². The van der Waals surface area contributed by atoms with Gasteiger partial charge in [0.25, 0.3) is 0 Å². The van der Waals surface area contributed by atoms with Crippen LogP contribution in [-0.2, 0) is 6.61 Å². The summed E-state index contributed by atoms with van der Waals surface area (Å²) >= 11 is 0. The molecule has 0 spiro atoms. The van der Waals surface area contributed by atoms with Crippen LogP contribution in [0.2, 0.25) is 0 Å². The summed E-state index contributed by atoms with van der Waals surface area (Å²) in [6, 6.07) is 12.2. The third-order valence-corrected chi connectivity index (χ3v) is 2.83. The van der Waals surface area contributed by atoms with E-state index in [2.05, 4.69) is 30.1 Å². The minimum Gasteiger partial charge on any atom is -0.473 e. The van der Waals surface area contributed by atoms with Crippen molar-refractivity contribution in [3.8, 4) is 5.88 Å². The number of hydrogen-bond acceptors (Lipinski definition) is 2. The molecule has 2 heteroatoms. The van der Waals surface area contributed by atoms with E-state index in [0.29, 0.717) is 6.61 Å². The van der Waals surface area contributed by atoms with E-state index in [1.54, 1.807) is 0 Å². The molecule has 0 unspecified atom stereocenters. The zero-order valence-corrected chi connectivity index (χ0v) is 10.5. The van der Waals surface area contributed by atoms with Crippen LogP contribution in [0, 0.1) is 20.8 Å². The number of ether oxygens (including phenoxy) is 1. The number of hydrogen-bond donors (Lipinski definition) is 0. The highest BCUT2D eigenvalue weighted by atomic mass is 16.5. The summed E-state index contributed by atoms with van der Waals surface area (Å²) in [5.74, 6) is 0.742. The second-order valence-corrected chi connectivity index (χ2v) is 4.28. The molecule has 0 saturated heterocycles. The average Bonchev–Trinajstić information content (AvgIpc) is 2.33. The van der Waals surface area contributed by atoms with E-state index in [0.717, 1.165) is 22.7 Å². The Morgan fingerprint density at radius 3 is 2.47 bits per heavy atom. The van der Waals surface area contributed by atoms with Crippen molar-refractivity contribution in [1.29, 1.82) is 0 Å². The van der Waals surface area contributed by atoms with Crippen LogP contribution in [0.5, 0.6) is 5.88 Å². The largest absolute Gasteiger partial charge is 0.473 e. The molecule has 17 heavy (non-hydrogen) atoms. The molecule has 0 aliphatic rings. The lowest BCUT2D eigenvalue weighted by Crippen LogP contribution is -2.01. The van der Waals surface area contributed by atoms with Gasteiger partial charge in [-0.05, 0) is 38.0 Å². The summed E-state index contributed by atoms with van der Waals surface area (Å²) in [6.45, 7) is 6.68. The lowest BCUT2D eigenvalue weighted by atomic mass is 10.1. The monoisotopic (exact) mass is 227 g/mol. The van der Waals surface area contributed by atoms with Crippen molar-refractivity contribution in [2.24, 2.45) is 0 Å². The summed E-state index contributed by atoms with van der Waals surface area (Å²) in [7, 11) is 0. The van der Waals surface area contributed by atoms with Gasteiger partial charge >= 0.3 is 0 Å². The van der Waals surface area contributed by atoms with Gasteiger partial charge in [0.05, 0.1) is 0 Å². The molecule has 0 radical (unpaired) electrons. The first kappa shape index (κ1) is 11.6. The molecule has 0 amide bonds. The van der Waals surface area contributed by atoms with Crippen LogP contribution in [0.1, 0.15) is 22.4 Å². The van der Waals surface area contributed by atoms with Crippen molar-refractivity contribution in [3.63, 3.8) is 0 Å². The molecular weight excluding hydrogens is 210 g/mol. The molecule has 0 aliphatic heterocycles. The Morgan fingerprint density at radius 1 is 1.06 bits per heavy atom. The summed E-state index contributed by atoms with van der Waals surface area (Å²) in [5.41, 5.74) is 4.50. The quantitative estimate of drug-likeness (QED) is 0.799. The molecule has 0 fully saturated rings. The smallest absolute Gasteiger partial charge is 0.217 e. The molecule has 0 N–H and O–H groups in total. The van der Waals surface area contributed by atoms with Crippen LogP contribution < -0.4 is 4.74 Å². The summed E-state index contributed by atoms with van der Waals surface area (Å²) in [4.78, 5) is 4.43. The SMILES string of the molecule is Cc1cc(C)c(C)c(OCc2ccccc2)n1. The van der Waals surface area contributed by atoms with Crippen molar-refractivity contribution in [3.05, 3.63) is 58.8 Å². The first-order valence-corrected chi connectivity index (χ1v) is 5.78. The van der Waals surface area contributed by atoms with E-state index < -0.39 is 0 Å². The number of nitrogens with zero attached hydrogens (tertiary/aromatic N) is 1. The van der Waals surface area contributed by atoms with E-state index in [1.807, 2.05) is 32.0 Å². The molecule has 0 aliphatic carbocycles. The van der Waals surface area contributed by atoms with E-state index in [4.69, 9.17) is 4.74 Å². The first-order valence-electron chi connectivity index (χ1n) is 5.78. The highest BCUT2D eigenvalue weighted by Crippen LogP contribution is 2.20. The standard InChI is InChI=1S/C15H17NO/c1-11-9-12(2)16-15(13(11)3)17-10-14-7-5-4-6-8-14/h4-9H,10H2,1-3H3. The maximum atomic E-state index is 5.77. The third-order valence-electron chi connectivity index (χ3n) is 2.83. The second kappa shape index (κ2) is 5.00. The fourth-order valence-electron chi connectivity index (χ4n) is 1.73. The number of pyridine rings is 1. The van der Waals surface area contributed by atoms with Gasteiger partial charge in [-0.2, -0.15) is 0 Å². The van der Waals surface area contributed by atoms with Crippen molar-refractivity contribution < 1.29 is 4.74 Å². The molecule has 88 valence electrons. The maximum absolute atomic E-state index is 5.77. The van der Waals surface area contributed by atoms with E-state index >= 15 is 0 Å². The Hall–Kier alpha value is -1.83. The molecular formula is C15H17NO. The Balaban J connectivity index is 2.14. The molecule has 1 heterocycles. The fraction of sp³-hybridized carbons (Fsp3) is 0.267. The predicted octanol–water partition coefficient (Wildman–Crippen LogP) is 3.59. The molecule has 1 aromatic heterocycles. The Bertz CT molecular complexity index is 506. The van der Waals surface area contributed by atoms with Crippen LogP contribution in [0.25, 0.3) is 0 Å². The number of rotatable bonds is 3. The van der Waals surface area contributed by atoms with Gasteiger partial charge in [-0.15, -0.1) is 0 Å². The van der Waals surface area contributed by atoms with Gasteiger partial charge in [0, 0.05) is 11.3 Å². The molecule has 2 rings (SSSR count). The lowest BCUT2D eigenvalue weighted by molar-refractivity contribution is 0.291. The molecule has 0 bridgehead atoms. The lowest BCUT2D eigenvalue weighted by Gasteiger charge is -2.11. The van der Waals surface area contributed by atoms with E-state index in [1.165, 1.54) is 5.56 Å². The topological polar surface area (TPSA) is 22.1 Å². The molecule has 0 saturated carbocycles. The van der Waals surface area contributed by atoms with Crippen molar-refractivity contribution in [2.75, 3.05) is 0 Å². The molecule has 2 nitrogen and oxygen atoms in total. The van der Waals surface area contributed by atoms with Crippen LogP contribution in [0.15, 0.2) is 36.4 Å². The van der Waals surface area contributed by atoms with Gasteiger partial charge in [0.15, 0.2) is 0 Å². The minimum absolute atomic E-state index is 0.567. The Labute approximate surface area is 102 Å². The third kappa shape index (κ3) is 2.84. The zero-order valence-electron chi connectivity index (χ0n) is 10.5. The number of benzene rings is 1. The summed E-state index contributed by atoms with van der Waals surface area (Å²) in [6.07, 6.45) is 0. The Kier molecular flexibility index (Phi) is 3.43. The van der Waals surface area contributed by atoms with Crippen LogP contribution in [0.4, 0.5) is 0 Å². The van der Waals surface area contributed by atoms with Gasteiger partial charge in [-0.3, -0.25) is 0 Å². The first-order chi connectivity index (χ1) is 8.16. The van der Waals surface area contributed by atoms with Gasteiger partial charge < -0.3 is 4.74 Å². The number of aromatic nitrogens is 1. The Morgan fingerprint density at radius 2 is 1.76 bits per heavy atom. The summed E-state index contributed by atoms with van der Waals surface area (Å²) in [5, 5.41) is 0. The highest BCUT2D eigenvalue weighted by molar-refractivity contribution is 5.34. The summed E-state index contributed by atoms with van der Waals surface area (Å²) < 4.78 is 5.77. The zero-order chi connectivity index (χ0) is 12.3. The van der Waals surface area contributed by atoms with Crippen molar-refractivity contribution in [2.45, 2.75) is 27.4 Å². The van der Waals surface area contributed by atoms with Gasteiger partial charge in [0.1, 0.15) is 6.61 Å².